The molecule has 172 valence electrons. The van der Waals surface area contributed by atoms with E-state index in [9.17, 15) is 9.59 Å². The number of hydrogen-bond donors (Lipinski definition) is 1. The second-order valence-electron chi connectivity index (χ2n) is 7.73. The van der Waals surface area contributed by atoms with E-state index in [0.29, 0.717) is 22.2 Å². The molecule has 0 aliphatic carbocycles. The summed E-state index contributed by atoms with van der Waals surface area (Å²) in [5.41, 5.74) is 3.87. The van der Waals surface area contributed by atoms with Crippen LogP contribution in [0.25, 0.3) is 34.0 Å². The molecule has 1 N–H and O–H groups in total. The molecule has 7 heteroatoms. The third-order valence-corrected chi connectivity index (χ3v) is 5.42. The number of esters is 1. The van der Waals surface area contributed by atoms with Gasteiger partial charge in [-0.25, -0.2) is 14.8 Å². The molecule has 0 aliphatic heterocycles. The number of nitrogens with zero attached hydrogens (tertiary/aromatic N) is 3. The topological polar surface area (TPSA) is 86.1 Å². The zero-order valence-electron chi connectivity index (χ0n) is 19.0. The number of hydrogen-bond acceptors (Lipinski definition) is 5. The van der Waals surface area contributed by atoms with E-state index in [1.807, 2.05) is 84.9 Å². The van der Waals surface area contributed by atoms with Crippen molar-refractivity contribution in [3.05, 3.63) is 102 Å². The lowest BCUT2D eigenvalue weighted by atomic mass is 10.2. The van der Waals surface area contributed by atoms with E-state index in [1.165, 1.54) is 6.08 Å². The summed E-state index contributed by atoms with van der Waals surface area (Å²) in [7, 11) is 0. The van der Waals surface area contributed by atoms with Crippen molar-refractivity contribution < 1.29 is 14.3 Å². The molecule has 2 aromatic heterocycles. The van der Waals surface area contributed by atoms with Crippen molar-refractivity contribution in [1.29, 1.82) is 0 Å². The number of aromatic nitrogens is 3. The Kier molecular flexibility index (Phi) is 6.05. The van der Waals surface area contributed by atoms with Crippen LogP contribution in [0.5, 0.6) is 0 Å². The zero-order chi connectivity index (χ0) is 24.2. The van der Waals surface area contributed by atoms with Crippen LogP contribution < -0.4 is 5.32 Å². The fraction of sp³-hybridized carbons (Fsp3) is 0.0714. The Morgan fingerprint density at radius 2 is 1.51 bits per heavy atom. The van der Waals surface area contributed by atoms with Gasteiger partial charge < -0.3 is 10.1 Å². The summed E-state index contributed by atoms with van der Waals surface area (Å²) in [6.07, 6.45) is 3.13. The average Bonchev–Trinajstić information content (AvgIpc) is 3.19. The first-order valence-electron chi connectivity index (χ1n) is 11.2. The Balaban J connectivity index is 1.72. The second-order valence-corrected chi connectivity index (χ2v) is 7.73. The van der Waals surface area contributed by atoms with Crippen LogP contribution in [0.15, 0.2) is 91.0 Å². The van der Waals surface area contributed by atoms with Crippen molar-refractivity contribution >= 4 is 46.0 Å². The minimum Gasteiger partial charge on any atom is -0.462 e. The van der Waals surface area contributed by atoms with Crippen LogP contribution in [0, 0.1) is 0 Å². The van der Waals surface area contributed by atoms with Crippen LogP contribution >= 0.6 is 0 Å². The van der Waals surface area contributed by atoms with Gasteiger partial charge >= 0.3 is 5.97 Å². The molecule has 3 aromatic carbocycles. The van der Waals surface area contributed by atoms with Crippen molar-refractivity contribution in [2.75, 3.05) is 11.9 Å². The summed E-state index contributed by atoms with van der Waals surface area (Å²) in [5, 5.41) is 2.89. The average molecular weight is 463 g/mol. The highest BCUT2D eigenvalue weighted by molar-refractivity contribution is 6.13. The quantitative estimate of drug-likeness (QED) is 0.270. The summed E-state index contributed by atoms with van der Waals surface area (Å²) < 4.78 is 7.09. The molecule has 1 amide bonds. The van der Waals surface area contributed by atoms with Crippen molar-refractivity contribution in [2.45, 2.75) is 6.92 Å². The van der Waals surface area contributed by atoms with Gasteiger partial charge in [0.2, 0.25) is 5.91 Å². The van der Waals surface area contributed by atoms with Crippen molar-refractivity contribution in [1.82, 2.24) is 14.5 Å². The highest BCUT2D eigenvalue weighted by Crippen LogP contribution is 2.33. The van der Waals surface area contributed by atoms with Gasteiger partial charge in [-0.15, -0.1) is 0 Å². The first-order chi connectivity index (χ1) is 17.2. The molecule has 35 heavy (non-hydrogen) atoms. The van der Waals surface area contributed by atoms with Gasteiger partial charge in [-0.05, 0) is 42.8 Å². The summed E-state index contributed by atoms with van der Waals surface area (Å²) in [4.78, 5) is 35.7. The zero-order valence-corrected chi connectivity index (χ0v) is 19.0. The Morgan fingerprint density at radius 1 is 0.886 bits per heavy atom. The van der Waals surface area contributed by atoms with Crippen LogP contribution in [-0.4, -0.2) is 33.0 Å². The van der Waals surface area contributed by atoms with Gasteiger partial charge in [0.15, 0.2) is 5.65 Å². The highest BCUT2D eigenvalue weighted by atomic mass is 16.5. The Labute approximate surface area is 201 Å². The molecule has 5 aromatic rings. The normalized spacial score (nSPS) is 11.2. The van der Waals surface area contributed by atoms with E-state index in [-0.39, 0.29) is 18.0 Å². The number of nitrogens with one attached hydrogen (secondary N) is 1. The lowest BCUT2D eigenvalue weighted by Crippen LogP contribution is -2.16. The van der Waals surface area contributed by atoms with Gasteiger partial charge in [0, 0.05) is 11.8 Å². The third-order valence-electron chi connectivity index (χ3n) is 5.42. The maximum atomic E-state index is 13.1. The van der Waals surface area contributed by atoms with E-state index in [4.69, 9.17) is 14.7 Å². The third kappa shape index (κ3) is 4.39. The van der Waals surface area contributed by atoms with Crippen LogP contribution in [0.2, 0.25) is 0 Å². The lowest BCUT2D eigenvalue weighted by molar-refractivity contribution is -0.111. The van der Waals surface area contributed by atoms with E-state index in [1.54, 1.807) is 17.6 Å². The first kappa shape index (κ1) is 22.0. The summed E-state index contributed by atoms with van der Waals surface area (Å²) in [5.74, 6) is -0.731. The fourth-order valence-electron chi connectivity index (χ4n) is 3.88. The van der Waals surface area contributed by atoms with E-state index in [2.05, 4.69) is 5.32 Å². The van der Waals surface area contributed by atoms with Crippen LogP contribution in [0.3, 0.4) is 0 Å². The number of para-hydroxylation sites is 3. The molecule has 0 bridgehead atoms. The van der Waals surface area contributed by atoms with E-state index < -0.39 is 11.9 Å². The van der Waals surface area contributed by atoms with Gasteiger partial charge in [-0.3, -0.25) is 9.36 Å². The monoisotopic (exact) mass is 462 g/mol. The molecule has 0 atom stereocenters. The Bertz CT molecular complexity index is 1560. The standard InChI is InChI=1S/C28H22N4O3/c1-2-35-28(34)24-25-27(30-22-16-10-9-15-21(22)29-25)32(20-13-7-4-8-14-20)26(24)31-23(33)18-17-19-11-5-3-6-12-19/h3-18H,2H2,1H3,(H,31,33)/b18-17+. The van der Waals surface area contributed by atoms with E-state index in [0.717, 1.165) is 11.3 Å². The molecule has 5 rings (SSSR count). The van der Waals surface area contributed by atoms with Crippen molar-refractivity contribution in [2.24, 2.45) is 0 Å². The minimum atomic E-state index is -0.584. The summed E-state index contributed by atoms with van der Waals surface area (Å²) >= 11 is 0. The minimum absolute atomic E-state index is 0.158. The van der Waals surface area contributed by atoms with Crippen molar-refractivity contribution in [3.8, 4) is 5.69 Å². The van der Waals surface area contributed by atoms with Crippen LogP contribution in [0.1, 0.15) is 22.8 Å². The molecule has 0 fully saturated rings. The molecular weight excluding hydrogens is 440 g/mol. The number of amides is 1. The SMILES string of the molecule is CCOC(=O)c1c(NC(=O)/C=C/c2ccccc2)n(-c2ccccc2)c2nc3ccccc3nc12. The number of benzene rings is 3. The predicted octanol–water partition coefficient (Wildman–Crippen LogP) is 5.40. The molecule has 0 saturated heterocycles. The molecule has 7 nitrogen and oxygen atoms in total. The van der Waals surface area contributed by atoms with Gasteiger partial charge in [0.25, 0.3) is 0 Å². The number of carbonyl (C=O) groups excluding carboxylic acids is 2. The number of rotatable bonds is 6. The number of fused-ring (bicyclic) bond motifs is 2. The number of anilines is 1. The largest absolute Gasteiger partial charge is 0.462 e. The number of carbonyl (C=O) groups is 2. The Hall–Kier alpha value is -4.78. The maximum Gasteiger partial charge on any atom is 0.344 e. The second kappa shape index (κ2) is 9.61. The maximum absolute atomic E-state index is 13.1. The van der Waals surface area contributed by atoms with Crippen LogP contribution in [-0.2, 0) is 9.53 Å². The molecule has 2 heterocycles. The fourth-order valence-corrected chi connectivity index (χ4v) is 3.88. The highest BCUT2D eigenvalue weighted by Gasteiger charge is 2.28. The molecule has 0 radical (unpaired) electrons. The summed E-state index contributed by atoms with van der Waals surface area (Å²) in [6.45, 7) is 1.91. The van der Waals surface area contributed by atoms with Gasteiger partial charge in [0.05, 0.1) is 17.6 Å². The van der Waals surface area contributed by atoms with Gasteiger partial charge in [-0.1, -0.05) is 60.7 Å². The Morgan fingerprint density at radius 3 is 2.20 bits per heavy atom. The van der Waals surface area contributed by atoms with Gasteiger partial charge in [0.1, 0.15) is 16.9 Å². The van der Waals surface area contributed by atoms with Crippen LogP contribution in [0.4, 0.5) is 5.82 Å². The van der Waals surface area contributed by atoms with Crippen molar-refractivity contribution in [3.63, 3.8) is 0 Å². The predicted molar refractivity (Wildman–Crippen MR) is 136 cm³/mol. The number of ether oxygens (including phenoxy) is 1. The van der Waals surface area contributed by atoms with E-state index >= 15 is 0 Å². The lowest BCUT2D eigenvalue weighted by Gasteiger charge is -2.12. The molecule has 0 saturated carbocycles. The molecule has 0 aliphatic rings. The molecule has 0 unspecified atom stereocenters. The molecular formula is C28H22N4O3. The summed E-state index contributed by atoms with van der Waals surface area (Å²) in [6, 6.07) is 26.3. The first-order valence-corrected chi connectivity index (χ1v) is 11.2. The van der Waals surface area contributed by atoms with Gasteiger partial charge in [-0.2, -0.15) is 0 Å². The smallest absolute Gasteiger partial charge is 0.344 e. The molecule has 0 spiro atoms.